The van der Waals surface area contributed by atoms with E-state index in [4.69, 9.17) is 15.9 Å². The van der Waals surface area contributed by atoms with Crippen molar-refractivity contribution >= 4 is 0 Å². The maximum Gasteiger partial charge on any atom is 0.107 e. The second-order valence-electron chi connectivity index (χ2n) is 5.06. The van der Waals surface area contributed by atoms with Crippen LogP contribution in [0.25, 0.3) is 0 Å². The third kappa shape index (κ3) is 7.30. The van der Waals surface area contributed by atoms with Crippen LogP contribution in [0.3, 0.4) is 0 Å². The van der Waals surface area contributed by atoms with Gasteiger partial charge in [-0.15, -0.1) is 6.42 Å². The van der Waals surface area contributed by atoms with Crippen molar-refractivity contribution in [2.45, 2.75) is 19.1 Å². The van der Waals surface area contributed by atoms with Crippen LogP contribution in [-0.2, 0) is 23.1 Å². The molecule has 0 bridgehead atoms. The maximum absolute atomic E-state index is 10.0. The van der Waals surface area contributed by atoms with Gasteiger partial charge in [0.05, 0.1) is 12.7 Å². The van der Waals surface area contributed by atoms with E-state index in [9.17, 15) is 5.11 Å². The lowest BCUT2D eigenvalue weighted by Gasteiger charge is -2.25. The second kappa shape index (κ2) is 10.4. The van der Waals surface area contributed by atoms with Crippen LogP contribution in [0.5, 0.6) is 0 Å². The lowest BCUT2D eigenvalue weighted by molar-refractivity contribution is 0.0240. The molecule has 0 aromatic carbocycles. The van der Waals surface area contributed by atoms with Gasteiger partial charge >= 0.3 is 0 Å². The van der Waals surface area contributed by atoms with E-state index < -0.39 is 6.10 Å². The number of nitrogens with zero attached hydrogens (tertiary/aromatic N) is 2. The molecule has 21 heavy (non-hydrogen) atoms. The molecule has 1 N–H and O–H groups in total. The van der Waals surface area contributed by atoms with Crippen molar-refractivity contribution in [3.63, 3.8) is 0 Å². The summed E-state index contributed by atoms with van der Waals surface area (Å²) in [6.45, 7) is 3.42. The highest BCUT2D eigenvalue weighted by Crippen LogP contribution is 2.07. The summed E-state index contributed by atoms with van der Waals surface area (Å²) in [6.07, 6.45) is 7.53. The van der Waals surface area contributed by atoms with E-state index in [0.717, 1.165) is 19.5 Å². The van der Waals surface area contributed by atoms with Crippen LogP contribution in [-0.4, -0.2) is 60.7 Å². The smallest absolute Gasteiger partial charge is 0.107 e. The average Bonchev–Trinajstić information content (AvgIpc) is 2.85. The molecule has 5 heteroatoms. The number of hydrogen-bond donors (Lipinski definition) is 1. The first-order valence-electron chi connectivity index (χ1n) is 7.18. The van der Waals surface area contributed by atoms with Crippen LogP contribution in [0.15, 0.2) is 18.3 Å². The van der Waals surface area contributed by atoms with Gasteiger partial charge < -0.3 is 19.1 Å². The van der Waals surface area contributed by atoms with Crippen LogP contribution < -0.4 is 0 Å². The molecular formula is C16H26N2O3. The van der Waals surface area contributed by atoms with Crippen molar-refractivity contribution < 1.29 is 14.6 Å². The summed E-state index contributed by atoms with van der Waals surface area (Å²) in [5.41, 5.74) is 1.21. The molecular weight excluding hydrogens is 268 g/mol. The van der Waals surface area contributed by atoms with Gasteiger partial charge in [-0.05, 0) is 18.6 Å². The highest BCUT2D eigenvalue weighted by Gasteiger charge is 2.13. The summed E-state index contributed by atoms with van der Waals surface area (Å²) in [4.78, 5) is 2.21. The molecule has 0 saturated carbocycles. The Morgan fingerprint density at radius 2 is 2.33 bits per heavy atom. The fraction of sp³-hybridized carbons (Fsp3) is 0.625. The fourth-order valence-corrected chi connectivity index (χ4v) is 2.16. The minimum absolute atomic E-state index is 0.235. The number of aromatic nitrogens is 1. The summed E-state index contributed by atoms with van der Waals surface area (Å²) in [5, 5.41) is 10.0. The molecule has 0 amide bonds. The number of methoxy groups -OCH3 is 1. The van der Waals surface area contributed by atoms with Crippen molar-refractivity contribution in [1.82, 2.24) is 9.47 Å². The zero-order chi connectivity index (χ0) is 15.5. The molecule has 0 aliphatic rings. The lowest BCUT2D eigenvalue weighted by atomic mass is 10.2. The van der Waals surface area contributed by atoms with E-state index in [2.05, 4.69) is 21.5 Å². The summed E-state index contributed by atoms with van der Waals surface area (Å²) in [7, 11) is 3.72. The molecule has 1 aromatic heterocycles. The van der Waals surface area contributed by atoms with Crippen LogP contribution in [0.2, 0.25) is 0 Å². The largest absolute Gasteiger partial charge is 0.389 e. The minimum atomic E-state index is -0.541. The minimum Gasteiger partial charge on any atom is -0.389 e. The number of terminal acetylenes is 1. The van der Waals surface area contributed by atoms with Crippen molar-refractivity contribution in [3.8, 4) is 12.3 Å². The lowest BCUT2D eigenvalue weighted by Crippen LogP contribution is -2.36. The molecule has 0 spiro atoms. The van der Waals surface area contributed by atoms with Crippen molar-refractivity contribution in [2.75, 3.05) is 40.0 Å². The molecule has 1 atom stereocenters. The van der Waals surface area contributed by atoms with Gasteiger partial charge in [-0.1, -0.05) is 5.92 Å². The Hall–Kier alpha value is -1.32. The highest BCUT2D eigenvalue weighted by molar-refractivity contribution is 5.06. The predicted octanol–water partition coefficient (Wildman–Crippen LogP) is 0.874. The molecule has 1 unspecified atom stereocenters. The van der Waals surface area contributed by atoms with E-state index in [0.29, 0.717) is 13.2 Å². The van der Waals surface area contributed by atoms with Crippen LogP contribution >= 0.6 is 0 Å². The third-order valence-corrected chi connectivity index (χ3v) is 3.22. The predicted molar refractivity (Wildman–Crippen MR) is 82.8 cm³/mol. The molecule has 1 heterocycles. The van der Waals surface area contributed by atoms with Crippen LogP contribution in [0.4, 0.5) is 0 Å². The second-order valence-corrected chi connectivity index (χ2v) is 5.06. The molecule has 0 radical (unpaired) electrons. The van der Waals surface area contributed by atoms with Gasteiger partial charge in [0.15, 0.2) is 0 Å². The Morgan fingerprint density at radius 3 is 2.95 bits per heavy atom. The molecule has 5 nitrogen and oxygen atoms in total. The zero-order valence-corrected chi connectivity index (χ0v) is 13.0. The summed E-state index contributed by atoms with van der Waals surface area (Å²) in [6, 6.07) is 4.11. The van der Waals surface area contributed by atoms with Crippen molar-refractivity contribution in [1.29, 1.82) is 0 Å². The Labute approximate surface area is 127 Å². The summed E-state index contributed by atoms with van der Waals surface area (Å²) in [5.74, 6) is 2.40. The SMILES string of the molecule is C#CCOCC(O)CN(CCCOC)Cc1cccn1C. The van der Waals surface area contributed by atoms with Gasteiger partial charge in [0.1, 0.15) is 6.61 Å². The summed E-state index contributed by atoms with van der Waals surface area (Å²) < 4.78 is 12.4. The zero-order valence-electron chi connectivity index (χ0n) is 13.0. The fourth-order valence-electron chi connectivity index (χ4n) is 2.16. The normalized spacial score (nSPS) is 12.5. The van der Waals surface area contributed by atoms with Gasteiger partial charge in [-0.3, -0.25) is 4.90 Å². The van der Waals surface area contributed by atoms with E-state index in [1.165, 1.54) is 5.69 Å². The molecule has 118 valence electrons. The van der Waals surface area contributed by atoms with Gasteiger partial charge in [-0.25, -0.2) is 0 Å². The molecule has 0 aliphatic carbocycles. The first-order valence-corrected chi connectivity index (χ1v) is 7.18. The molecule has 0 saturated heterocycles. The van der Waals surface area contributed by atoms with Crippen LogP contribution in [0.1, 0.15) is 12.1 Å². The highest BCUT2D eigenvalue weighted by atomic mass is 16.5. The Kier molecular flexibility index (Phi) is 8.79. The first kappa shape index (κ1) is 17.7. The van der Waals surface area contributed by atoms with E-state index >= 15 is 0 Å². The Morgan fingerprint density at radius 1 is 1.52 bits per heavy atom. The average molecular weight is 294 g/mol. The van der Waals surface area contributed by atoms with E-state index in [-0.39, 0.29) is 13.2 Å². The number of rotatable bonds is 11. The number of aliphatic hydroxyl groups excluding tert-OH is 1. The molecule has 0 aliphatic heterocycles. The van der Waals surface area contributed by atoms with Gasteiger partial charge in [0.25, 0.3) is 0 Å². The van der Waals surface area contributed by atoms with Gasteiger partial charge in [0.2, 0.25) is 0 Å². The number of hydrogen-bond acceptors (Lipinski definition) is 4. The standard InChI is InChI=1S/C16H26N2O3/c1-4-10-21-14-16(19)13-18(9-6-11-20-3)12-15-7-5-8-17(15)2/h1,5,7-8,16,19H,6,9-14H2,2-3H3. The molecule has 1 rings (SSSR count). The van der Waals surface area contributed by atoms with Crippen LogP contribution in [0, 0.1) is 12.3 Å². The maximum atomic E-state index is 10.0. The Bertz CT molecular complexity index is 425. The van der Waals surface area contributed by atoms with Gasteiger partial charge in [-0.2, -0.15) is 0 Å². The van der Waals surface area contributed by atoms with Crippen molar-refractivity contribution in [3.05, 3.63) is 24.0 Å². The van der Waals surface area contributed by atoms with Crippen molar-refractivity contribution in [2.24, 2.45) is 7.05 Å². The quantitative estimate of drug-likeness (QED) is 0.486. The number of aliphatic hydroxyl groups is 1. The van der Waals surface area contributed by atoms with E-state index in [1.54, 1.807) is 7.11 Å². The molecule has 0 fully saturated rings. The first-order chi connectivity index (χ1) is 10.2. The Balaban J connectivity index is 2.47. The topological polar surface area (TPSA) is 46.9 Å². The molecule has 1 aromatic rings. The number of ether oxygens (including phenoxy) is 2. The monoisotopic (exact) mass is 294 g/mol. The number of aryl methyl sites for hydroxylation is 1. The van der Waals surface area contributed by atoms with E-state index in [1.807, 2.05) is 19.3 Å². The third-order valence-electron chi connectivity index (χ3n) is 3.22. The van der Waals surface area contributed by atoms with Gasteiger partial charge in [0, 0.05) is 52.3 Å². The summed E-state index contributed by atoms with van der Waals surface area (Å²) >= 11 is 0.